The summed E-state index contributed by atoms with van der Waals surface area (Å²) in [4.78, 5) is 56.3. The molecular weight excluding hydrogens is 364 g/mol. The first-order valence-electron chi connectivity index (χ1n) is 9.24. The van der Waals surface area contributed by atoms with Gasteiger partial charge in [-0.2, -0.15) is 0 Å². The third-order valence-corrected chi connectivity index (χ3v) is 4.58. The Labute approximate surface area is 163 Å². The Bertz CT molecular complexity index is 793. The van der Waals surface area contributed by atoms with Gasteiger partial charge in [-0.05, 0) is 45.2 Å². The van der Waals surface area contributed by atoms with Crippen molar-refractivity contribution in [3.63, 3.8) is 0 Å². The van der Waals surface area contributed by atoms with Crippen molar-refractivity contribution in [1.29, 1.82) is 0 Å². The summed E-state index contributed by atoms with van der Waals surface area (Å²) in [7, 11) is 0. The normalized spacial score (nSPS) is 22.1. The SMILES string of the molecule is C[C@@H]1C[C@H](C(=O)ON2C(=O)c3ccccc3C2=O)CN(C(=O)OC(C)(C)C)C1. The molecule has 0 bridgehead atoms. The Balaban J connectivity index is 1.68. The highest BCUT2D eigenvalue weighted by Crippen LogP contribution is 2.27. The molecule has 8 heteroatoms. The van der Waals surface area contributed by atoms with E-state index in [0.717, 1.165) is 0 Å². The second-order valence-electron chi connectivity index (χ2n) is 8.28. The van der Waals surface area contributed by atoms with Gasteiger partial charge in [0.05, 0.1) is 17.0 Å². The van der Waals surface area contributed by atoms with E-state index in [1.165, 1.54) is 17.0 Å². The molecule has 0 unspecified atom stereocenters. The van der Waals surface area contributed by atoms with E-state index in [0.29, 0.717) is 18.0 Å². The molecule has 3 rings (SSSR count). The molecule has 150 valence electrons. The quantitative estimate of drug-likeness (QED) is 0.723. The van der Waals surface area contributed by atoms with Crippen LogP contribution in [0, 0.1) is 11.8 Å². The lowest BCUT2D eigenvalue weighted by Gasteiger charge is -2.36. The molecule has 2 aliphatic rings. The molecule has 0 aliphatic carbocycles. The van der Waals surface area contributed by atoms with Gasteiger partial charge in [-0.3, -0.25) is 9.59 Å². The maximum atomic E-state index is 12.6. The van der Waals surface area contributed by atoms with Crippen molar-refractivity contribution in [3.8, 4) is 0 Å². The molecule has 2 aliphatic heterocycles. The van der Waals surface area contributed by atoms with Gasteiger partial charge in [0.15, 0.2) is 0 Å². The molecule has 0 aromatic heterocycles. The zero-order valence-corrected chi connectivity index (χ0v) is 16.4. The minimum atomic E-state index is -0.713. The lowest BCUT2D eigenvalue weighted by atomic mass is 9.91. The molecular formula is C20H24N2O6. The van der Waals surface area contributed by atoms with Crippen molar-refractivity contribution in [3.05, 3.63) is 35.4 Å². The standard InChI is InChI=1S/C20H24N2O6/c1-12-9-13(11-21(10-12)19(26)27-20(2,3)4)18(25)28-22-16(23)14-7-5-6-8-15(14)17(22)24/h5-8,12-13H,9-11H2,1-4H3/t12-,13+/m1/s1. The van der Waals surface area contributed by atoms with Gasteiger partial charge >= 0.3 is 12.1 Å². The van der Waals surface area contributed by atoms with E-state index in [1.807, 2.05) is 6.92 Å². The van der Waals surface area contributed by atoms with Crippen molar-refractivity contribution in [2.75, 3.05) is 13.1 Å². The van der Waals surface area contributed by atoms with E-state index in [-0.39, 0.29) is 23.6 Å². The number of hydrogen-bond donors (Lipinski definition) is 0. The van der Waals surface area contributed by atoms with Crippen LogP contribution < -0.4 is 0 Å². The highest BCUT2D eigenvalue weighted by atomic mass is 16.7. The first-order valence-corrected chi connectivity index (χ1v) is 9.24. The van der Waals surface area contributed by atoms with Crippen LogP contribution in [0.25, 0.3) is 0 Å². The first kappa shape index (κ1) is 19.9. The lowest BCUT2D eigenvalue weighted by molar-refractivity contribution is -0.176. The molecule has 0 N–H and O–H groups in total. The molecule has 0 saturated carbocycles. The maximum absolute atomic E-state index is 12.6. The molecule has 2 heterocycles. The Morgan fingerprint density at radius 2 is 1.61 bits per heavy atom. The number of likely N-dealkylation sites (tertiary alicyclic amines) is 1. The summed E-state index contributed by atoms with van der Waals surface area (Å²) >= 11 is 0. The van der Waals surface area contributed by atoms with Crippen LogP contribution in [0.5, 0.6) is 0 Å². The second kappa shape index (κ2) is 7.26. The monoisotopic (exact) mass is 388 g/mol. The minimum absolute atomic E-state index is 0.0426. The number of imide groups is 1. The predicted molar refractivity (Wildman–Crippen MR) is 98.1 cm³/mol. The third kappa shape index (κ3) is 4.00. The van der Waals surface area contributed by atoms with Crippen LogP contribution in [0.15, 0.2) is 24.3 Å². The third-order valence-electron chi connectivity index (χ3n) is 4.58. The largest absolute Gasteiger partial charge is 0.444 e. The Morgan fingerprint density at radius 3 is 2.14 bits per heavy atom. The summed E-state index contributed by atoms with van der Waals surface area (Å²) in [5.41, 5.74) is -0.242. The fourth-order valence-electron chi connectivity index (χ4n) is 3.41. The van der Waals surface area contributed by atoms with E-state index in [9.17, 15) is 19.2 Å². The minimum Gasteiger partial charge on any atom is -0.444 e. The molecule has 1 aromatic rings. The van der Waals surface area contributed by atoms with Crippen molar-refractivity contribution in [2.45, 2.75) is 39.7 Å². The van der Waals surface area contributed by atoms with Crippen LogP contribution >= 0.6 is 0 Å². The molecule has 2 atom stereocenters. The van der Waals surface area contributed by atoms with Crippen LogP contribution in [-0.4, -0.2) is 52.5 Å². The van der Waals surface area contributed by atoms with Gasteiger partial charge in [0.1, 0.15) is 5.60 Å². The summed E-state index contributed by atoms with van der Waals surface area (Å²) < 4.78 is 5.38. The van der Waals surface area contributed by atoms with E-state index >= 15 is 0 Å². The Hall–Kier alpha value is -2.90. The van der Waals surface area contributed by atoms with Gasteiger partial charge in [-0.1, -0.05) is 24.1 Å². The summed E-state index contributed by atoms with van der Waals surface area (Å²) in [5, 5.41) is 0.504. The molecule has 1 aromatic carbocycles. The van der Waals surface area contributed by atoms with Crippen LogP contribution in [0.3, 0.4) is 0 Å². The Kier molecular flexibility index (Phi) is 5.14. The van der Waals surface area contributed by atoms with E-state index in [1.54, 1.807) is 32.9 Å². The maximum Gasteiger partial charge on any atom is 0.410 e. The van der Waals surface area contributed by atoms with E-state index in [4.69, 9.17) is 9.57 Å². The molecule has 0 radical (unpaired) electrons. The van der Waals surface area contributed by atoms with Gasteiger partial charge in [-0.15, -0.1) is 0 Å². The topological polar surface area (TPSA) is 93.2 Å². The zero-order chi connectivity index (χ0) is 20.6. The van der Waals surface area contributed by atoms with Crippen LogP contribution in [0.2, 0.25) is 0 Å². The number of piperidine rings is 1. The average molecular weight is 388 g/mol. The number of rotatable bonds is 2. The molecule has 3 amide bonds. The number of nitrogens with zero attached hydrogens (tertiary/aromatic N) is 2. The first-order chi connectivity index (χ1) is 13.1. The van der Waals surface area contributed by atoms with Crippen molar-refractivity contribution in [2.24, 2.45) is 11.8 Å². The van der Waals surface area contributed by atoms with E-state index < -0.39 is 35.4 Å². The van der Waals surface area contributed by atoms with E-state index in [2.05, 4.69) is 0 Å². The molecule has 1 fully saturated rings. The summed E-state index contributed by atoms with van der Waals surface area (Å²) in [6, 6.07) is 6.29. The number of carbonyl (C=O) groups is 4. The molecule has 1 saturated heterocycles. The van der Waals surface area contributed by atoms with Crippen molar-refractivity contribution >= 4 is 23.9 Å². The van der Waals surface area contributed by atoms with Crippen LogP contribution in [0.1, 0.15) is 54.8 Å². The Morgan fingerprint density at radius 1 is 1.04 bits per heavy atom. The van der Waals surface area contributed by atoms with Crippen LogP contribution in [-0.2, 0) is 14.4 Å². The van der Waals surface area contributed by atoms with Gasteiger partial charge < -0.3 is 14.5 Å². The summed E-state index contributed by atoms with van der Waals surface area (Å²) in [5.74, 6) is -2.65. The van der Waals surface area contributed by atoms with Gasteiger partial charge in [0, 0.05) is 13.1 Å². The number of carbonyl (C=O) groups excluding carboxylic acids is 4. The van der Waals surface area contributed by atoms with Crippen molar-refractivity contribution < 1.29 is 28.8 Å². The predicted octanol–water partition coefficient (Wildman–Crippen LogP) is 2.63. The number of benzene rings is 1. The number of fused-ring (bicyclic) bond motifs is 1. The van der Waals surface area contributed by atoms with Crippen molar-refractivity contribution in [1.82, 2.24) is 9.96 Å². The van der Waals surface area contributed by atoms with Gasteiger partial charge in [-0.25, -0.2) is 9.59 Å². The van der Waals surface area contributed by atoms with Gasteiger partial charge in [0.25, 0.3) is 11.8 Å². The number of hydroxylamine groups is 2. The summed E-state index contributed by atoms with van der Waals surface area (Å²) in [6.07, 6.45) is -0.0148. The highest BCUT2D eigenvalue weighted by Gasteiger charge is 2.41. The lowest BCUT2D eigenvalue weighted by Crippen LogP contribution is -2.48. The smallest absolute Gasteiger partial charge is 0.410 e. The number of hydrogen-bond acceptors (Lipinski definition) is 6. The fraction of sp³-hybridized carbons (Fsp3) is 0.500. The number of amides is 3. The number of ether oxygens (including phenoxy) is 1. The molecule has 0 spiro atoms. The van der Waals surface area contributed by atoms with Crippen LogP contribution in [0.4, 0.5) is 4.79 Å². The average Bonchev–Trinajstić information content (AvgIpc) is 2.85. The van der Waals surface area contributed by atoms with Gasteiger partial charge in [0.2, 0.25) is 0 Å². The summed E-state index contributed by atoms with van der Waals surface area (Å²) in [6.45, 7) is 7.80. The molecule has 8 nitrogen and oxygen atoms in total. The molecule has 28 heavy (non-hydrogen) atoms. The zero-order valence-electron chi connectivity index (χ0n) is 16.4. The second-order valence-corrected chi connectivity index (χ2v) is 8.28. The fourth-order valence-corrected chi connectivity index (χ4v) is 3.41. The highest BCUT2D eigenvalue weighted by molar-refractivity contribution is 6.20.